The third-order valence-electron chi connectivity index (χ3n) is 1.25. The molecule has 0 fully saturated rings. The van der Waals surface area contributed by atoms with Crippen LogP contribution in [0.15, 0.2) is 0 Å². The lowest BCUT2D eigenvalue weighted by Crippen LogP contribution is -2.23. The summed E-state index contributed by atoms with van der Waals surface area (Å²) in [7, 11) is -1.05. The molecular weight excluding hydrogens is 162 g/mol. The summed E-state index contributed by atoms with van der Waals surface area (Å²) in [4.78, 5) is 0. The molecule has 0 rings (SSSR count). The zero-order valence-corrected chi connectivity index (χ0v) is 8.24. The Hall–Kier alpha value is -0.0900. The van der Waals surface area contributed by atoms with Crippen molar-refractivity contribution in [1.82, 2.24) is 5.32 Å². The summed E-state index contributed by atoms with van der Waals surface area (Å²) < 4.78 is 22.3. The minimum atomic E-state index is -2.81. The van der Waals surface area contributed by atoms with E-state index in [0.717, 1.165) is 0 Å². The lowest BCUT2D eigenvalue weighted by atomic mass is 10.3. The Morgan fingerprint density at radius 3 is 2.27 bits per heavy atom. The molecule has 0 amide bonds. The van der Waals surface area contributed by atoms with Crippen LogP contribution in [-0.4, -0.2) is 33.5 Å². The predicted molar refractivity (Wildman–Crippen MR) is 47.4 cm³/mol. The molecule has 0 aliphatic heterocycles. The van der Waals surface area contributed by atoms with Crippen molar-refractivity contribution >= 4 is 9.84 Å². The molecule has 0 spiro atoms. The SMILES string of the molecule is CNCCS(=O)(=O)CC(C)C. The Labute approximate surface area is 69.1 Å². The first kappa shape index (κ1) is 10.9. The molecule has 68 valence electrons. The van der Waals surface area contributed by atoms with Crippen molar-refractivity contribution in [2.75, 3.05) is 25.1 Å². The van der Waals surface area contributed by atoms with Crippen molar-refractivity contribution in [3.63, 3.8) is 0 Å². The molecule has 0 aromatic heterocycles. The maximum Gasteiger partial charge on any atom is 0.151 e. The maximum absolute atomic E-state index is 11.2. The van der Waals surface area contributed by atoms with Gasteiger partial charge in [0.1, 0.15) is 0 Å². The van der Waals surface area contributed by atoms with Gasteiger partial charge in [0.05, 0.1) is 11.5 Å². The fraction of sp³-hybridized carbons (Fsp3) is 1.00. The van der Waals surface area contributed by atoms with Gasteiger partial charge in [-0.15, -0.1) is 0 Å². The quantitative estimate of drug-likeness (QED) is 0.659. The van der Waals surface area contributed by atoms with Crippen LogP contribution in [-0.2, 0) is 9.84 Å². The fourth-order valence-corrected chi connectivity index (χ4v) is 2.55. The molecule has 0 aromatic carbocycles. The summed E-state index contributed by atoms with van der Waals surface area (Å²) in [6.45, 7) is 4.38. The Morgan fingerprint density at radius 1 is 1.36 bits per heavy atom. The Balaban J connectivity index is 3.82. The third kappa shape index (κ3) is 6.31. The van der Waals surface area contributed by atoms with Gasteiger partial charge in [0.15, 0.2) is 9.84 Å². The van der Waals surface area contributed by atoms with E-state index >= 15 is 0 Å². The molecule has 0 aliphatic rings. The molecule has 0 saturated heterocycles. The van der Waals surface area contributed by atoms with Crippen LogP contribution >= 0.6 is 0 Å². The van der Waals surface area contributed by atoms with Gasteiger partial charge in [-0.05, 0) is 13.0 Å². The van der Waals surface area contributed by atoms with Crippen LogP contribution in [0, 0.1) is 5.92 Å². The highest BCUT2D eigenvalue weighted by Gasteiger charge is 2.11. The van der Waals surface area contributed by atoms with Gasteiger partial charge in [-0.1, -0.05) is 13.8 Å². The first-order valence-corrected chi connectivity index (χ1v) is 5.65. The van der Waals surface area contributed by atoms with Crippen molar-refractivity contribution in [2.45, 2.75) is 13.8 Å². The summed E-state index contributed by atoms with van der Waals surface area (Å²) >= 11 is 0. The van der Waals surface area contributed by atoms with Crippen molar-refractivity contribution in [2.24, 2.45) is 5.92 Å². The van der Waals surface area contributed by atoms with E-state index < -0.39 is 9.84 Å². The minimum absolute atomic E-state index is 0.233. The average Bonchev–Trinajstić information content (AvgIpc) is 1.81. The molecule has 0 unspecified atom stereocenters. The van der Waals surface area contributed by atoms with Crippen LogP contribution in [0.2, 0.25) is 0 Å². The monoisotopic (exact) mass is 179 g/mol. The van der Waals surface area contributed by atoms with Crippen molar-refractivity contribution in [3.8, 4) is 0 Å². The van der Waals surface area contributed by atoms with Gasteiger partial charge < -0.3 is 5.32 Å². The maximum atomic E-state index is 11.2. The Morgan fingerprint density at radius 2 is 1.91 bits per heavy atom. The van der Waals surface area contributed by atoms with E-state index in [1.807, 2.05) is 13.8 Å². The number of nitrogens with one attached hydrogen (secondary N) is 1. The lowest BCUT2D eigenvalue weighted by Gasteiger charge is -2.05. The zero-order chi connectivity index (χ0) is 8.91. The zero-order valence-electron chi connectivity index (χ0n) is 7.42. The number of hydrogen-bond donors (Lipinski definition) is 1. The van der Waals surface area contributed by atoms with E-state index in [1.54, 1.807) is 7.05 Å². The van der Waals surface area contributed by atoms with Crippen molar-refractivity contribution < 1.29 is 8.42 Å². The molecule has 0 radical (unpaired) electrons. The number of rotatable bonds is 5. The number of hydrogen-bond acceptors (Lipinski definition) is 3. The van der Waals surface area contributed by atoms with Gasteiger partial charge in [0.25, 0.3) is 0 Å². The summed E-state index contributed by atoms with van der Waals surface area (Å²) in [5, 5.41) is 2.82. The molecule has 4 heteroatoms. The van der Waals surface area contributed by atoms with Crippen molar-refractivity contribution in [3.05, 3.63) is 0 Å². The normalized spacial score (nSPS) is 12.4. The number of sulfone groups is 1. The first-order chi connectivity index (χ1) is 4.98. The standard InChI is InChI=1S/C7H17NO2S/c1-7(2)6-11(9,10)5-4-8-3/h7-8H,4-6H2,1-3H3. The molecule has 1 N–H and O–H groups in total. The van der Waals surface area contributed by atoms with E-state index in [0.29, 0.717) is 12.3 Å². The van der Waals surface area contributed by atoms with Crippen LogP contribution in [0.5, 0.6) is 0 Å². The van der Waals surface area contributed by atoms with Gasteiger partial charge in [0.2, 0.25) is 0 Å². The van der Waals surface area contributed by atoms with Crippen LogP contribution in [0.4, 0.5) is 0 Å². The highest BCUT2D eigenvalue weighted by atomic mass is 32.2. The Kier molecular flexibility index (Phi) is 4.68. The van der Waals surface area contributed by atoms with Crippen LogP contribution in [0.3, 0.4) is 0 Å². The second-order valence-corrected chi connectivity index (χ2v) is 5.34. The van der Waals surface area contributed by atoms with E-state index in [2.05, 4.69) is 5.32 Å². The van der Waals surface area contributed by atoms with Crippen LogP contribution in [0.1, 0.15) is 13.8 Å². The second-order valence-electron chi connectivity index (χ2n) is 3.11. The van der Waals surface area contributed by atoms with Crippen molar-refractivity contribution in [1.29, 1.82) is 0 Å². The van der Waals surface area contributed by atoms with Crippen LogP contribution in [0.25, 0.3) is 0 Å². The first-order valence-electron chi connectivity index (χ1n) is 3.83. The summed E-state index contributed by atoms with van der Waals surface area (Å²) in [5.41, 5.74) is 0. The highest BCUT2D eigenvalue weighted by Crippen LogP contribution is 1.99. The van der Waals surface area contributed by atoms with Gasteiger partial charge >= 0.3 is 0 Å². The Bertz CT molecular complexity index is 185. The summed E-state index contributed by atoms with van der Waals surface area (Å²) in [5.74, 6) is 0.785. The molecule has 0 aliphatic carbocycles. The predicted octanol–water partition coefficient (Wildman–Crippen LogP) is 0.277. The minimum Gasteiger partial charge on any atom is -0.319 e. The molecule has 0 atom stereocenters. The summed E-state index contributed by atoms with van der Waals surface area (Å²) in [6.07, 6.45) is 0. The third-order valence-corrected chi connectivity index (χ3v) is 3.25. The fourth-order valence-electron chi connectivity index (χ4n) is 0.849. The lowest BCUT2D eigenvalue weighted by molar-refractivity contribution is 0.580. The molecule has 11 heavy (non-hydrogen) atoms. The average molecular weight is 179 g/mol. The van der Waals surface area contributed by atoms with Gasteiger partial charge in [-0.25, -0.2) is 8.42 Å². The molecule has 0 heterocycles. The molecule has 0 aromatic rings. The van der Waals surface area contributed by atoms with E-state index in [4.69, 9.17) is 0 Å². The van der Waals surface area contributed by atoms with Crippen LogP contribution < -0.4 is 5.32 Å². The topological polar surface area (TPSA) is 46.2 Å². The van der Waals surface area contributed by atoms with Gasteiger partial charge in [-0.2, -0.15) is 0 Å². The smallest absolute Gasteiger partial charge is 0.151 e. The second kappa shape index (κ2) is 4.72. The van der Waals surface area contributed by atoms with E-state index in [-0.39, 0.29) is 11.7 Å². The molecule has 0 bridgehead atoms. The van der Waals surface area contributed by atoms with Gasteiger partial charge in [0, 0.05) is 6.54 Å². The van der Waals surface area contributed by atoms with E-state index in [1.165, 1.54) is 0 Å². The van der Waals surface area contributed by atoms with Gasteiger partial charge in [-0.3, -0.25) is 0 Å². The highest BCUT2D eigenvalue weighted by molar-refractivity contribution is 7.91. The molecule has 3 nitrogen and oxygen atoms in total. The molecular formula is C7H17NO2S. The molecule has 0 saturated carbocycles. The summed E-state index contributed by atoms with van der Waals surface area (Å²) in [6, 6.07) is 0. The van der Waals surface area contributed by atoms with E-state index in [9.17, 15) is 8.42 Å². The largest absolute Gasteiger partial charge is 0.319 e.